The molecule has 0 aromatic heterocycles. The summed E-state index contributed by atoms with van der Waals surface area (Å²) < 4.78 is 6.54. The fourth-order valence-corrected chi connectivity index (χ4v) is 6.60. The van der Waals surface area contributed by atoms with E-state index in [2.05, 4.69) is 27.7 Å². The van der Waals surface area contributed by atoms with Crippen molar-refractivity contribution in [1.82, 2.24) is 0 Å². The third-order valence-electron chi connectivity index (χ3n) is 8.21. The van der Waals surface area contributed by atoms with E-state index in [4.69, 9.17) is 4.74 Å². The third kappa shape index (κ3) is 2.34. The number of aldehydes is 1. The molecule has 0 radical (unpaired) electrons. The molecule has 0 bridgehead atoms. The van der Waals surface area contributed by atoms with Gasteiger partial charge < -0.3 is 9.84 Å². The van der Waals surface area contributed by atoms with Crippen LogP contribution in [0.25, 0.3) is 0 Å². The van der Waals surface area contributed by atoms with Gasteiger partial charge in [0.05, 0.1) is 5.56 Å². The number of phenolic OH excluding ortho intramolecular Hbond substituents is 1. The summed E-state index contributed by atoms with van der Waals surface area (Å²) in [6, 6.07) is 1.67. The molecule has 4 rings (SSSR count). The summed E-state index contributed by atoms with van der Waals surface area (Å²) in [6.45, 7) is 10.5. The Morgan fingerprint density at radius 3 is 2.56 bits per heavy atom. The van der Waals surface area contributed by atoms with E-state index in [1.807, 2.05) is 6.92 Å². The van der Waals surface area contributed by atoms with Gasteiger partial charge in [-0.2, -0.15) is 0 Å². The van der Waals surface area contributed by atoms with Gasteiger partial charge in [0.25, 0.3) is 0 Å². The Morgan fingerprint density at radius 1 is 1.19 bits per heavy atom. The number of carbonyl (C=O) groups is 2. The second-order valence-corrected chi connectivity index (χ2v) is 9.97. The molecular formula is C23H30O4. The van der Waals surface area contributed by atoms with Crippen LogP contribution in [0.3, 0.4) is 0 Å². The molecule has 4 atom stereocenters. The highest BCUT2D eigenvalue weighted by Crippen LogP contribution is 2.64. The molecular weight excluding hydrogens is 340 g/mol. The van der Waals surface area contributed by atoms with Crippen molar-refractivity contribution in [3.8, 4) is 11.5 Å². The van der Waals surface area contributed by atoms with Crippen LogP contribution in [0.5, 0.6) is 11.5 Å². The average Bonchev–Trinajstić information content (AvgIpc) is 2.57. The van der Waals surface area contributed by atoms with Gasteiger partial charge in [0.2, 0.25) is 0 Å². The molecule has 146 valence electrons. The summed E-state index contributed by atoms with van der Waals surface area (Å²) in [5.74, 6) is 1.67. The highest BCUT2D eigenvalue weighted by Gasteiger charge is 2.62. The Kier molecular flexibility index (Phi) is 3.83. The number of hydrogen-bond donors (Lipinski definition) is 1. The van der Waals surface area contributed by atoms with E-state index in [1.54, 1.807) is 6.07 Å². The van der Waals surface area contributed by atoms with E-state index in [1.165, 1.54) is 0 Å². The number of hydrogen-bond acceptors (Lipinski definition) is 4. The number of Topliss-reactive ketones (excluding diaryl/α,β-unsaturated/α-hetero) is 1. The number of rotatable bonds is 1. The third-order valence-corrected chi connectivity index (χ3v) is 8.21. The second-order valence-electron chi connectivity index (χ2n) is 9.97. The molecule has 2 saturated carbocycles. The minimum Gasteiger partial charge on any atom is -0.508 e. The fraction of sp³-hybridized carbons (Fsp3) is 0.652. The average molecular weight is 370 g/mol. The first-order chi connectivity index (χ1) is 12.5. The van der Waals surface area contributed by atoms with Gasteiger partial charge in [-0.25, -0.2) is 0 Å². The lowest BCUT2D eigenvalue weighted by Crippen LogP contribution is -2.63. The molecule has 27 heavy (non-hydrogen) atoms. The van der Waals surface area contributed by atoms with Crippen LogP contribution in [0.2, 0.25) is 0 Å². The number of aryl methyl sites for hydroxylation is 1. The largest absolute Gasteiger partial charge is 0.508 e. The summed E-state index contributed by atoms with van der Waals surface area (Å²) in [7, 11) is 0. The lowest BCUT2D eigenvalue weighted by molar-refractivity contribution is -0.173. The fourth-order valence-electron chi connectivity index (χ4n) is 6.60. The maximum Gasteiger partial charge on any atom is 0.154 e. The van der Waals surface area contributed by atoms with Gasteiger partial charge in [-0.15, -0.1) is 0 Å². The van der Waals surface area contributed by atoms with Crippen LogP contribution in [0, 0.1) is 29.6 Å². The summed E-state index contributed by atoms with van der Waals surface area (Å²) in [6.07, 6.45) is 4.82. The number of aromatic hydroxyl groups is 1. The van der Waals surface area contributed by atoms with E-state index in [-0.39, 0.29) is 28.1 Å². The van der Waals surface area contributed by atoms with Crippen LogP contribution in [-0.4, -0.2) is 22.8 Å². The monoisotopic (exact) mass is 370 g/mol. The zero-order chi connectivity index (χ0) is 19.8. The van der Waals surface area contributed by atoms with Crippen LogP contribution >= 0.6 is 0 Å². The first-order valence-corrected chi connectivity index (χ1v) is 10.1. The molecule has 1 aromatic carbocycles. The Morgan fingerprint density at radius 2 is 1.89 bits per heavy atom. The molecule has 0 saturated heterocycles. The molecule has 1 aromatic rings. The van der Waals surface area contributed by atoms with Crippen molar-refractivity contribution in [3.63, 3.8) is 0 Å². The highest BCUT2D eigenvalue weighted by molar-refractivity contribution is 5.86. The van der Waals surface area contributed by atoms with Gasteiger partial charge in [-0.1, -0.05) is 20.8 Å². The Balaban J connectivity index is 1.84. The van der Waals surface area contributed by atoms with Gasteiger partial charge in [0.15, 0.2) is 6.29 Å². The molecule has 1 heterocycles. The first-order valence-electron chi connectivity index (χ1n) is 10.1. The second kappa shape index (κ2) is 5.59. The summed E-state index contributed by atoms with van der Waals surface area (Å²) in [4.78, 5) is 24.3. The SMILES string of the molecule is Cc1cc(O)c2c(c1C=O)OC1(C)CCC3C(C)(C)C(=O)CCC3(C)C1C2. The van der Waals surface area contributed by atoms with Crippen molar-refractivity contribution < 1.29 is 19.4 Å². The van der Waals surface area contributed by atoms with Crippen molar-refractivity contribution in [2.75, 3.05) is 0 Å². The number of fused-ring (bicyclic) bond motifs is 4. The van der Waals surface area contributed by atoms with Crippen LogP contribution < -0.4 is 4.74 Å². The zero-order valence-electron chi connectivity index (χ0n) is 17.0. The molecule has 4 nitrogen and oxygen atoms in total. The van der Waals surface area contributed by atoms with Crippen molar-refractivity contribution in [2.24, 2.45) is 22.7 Å². The van der Waals surface area contributed by atoms with Gasteiger partial charge in [0.1, 0.15) is 22.9 Å². The first kappa shape index (κ1) is 18.5. The van der Waals surface area contributed by atoms with Crippen LogP contribution in [0.15, 0.2) is 6.07 Å². The van der Waals surface area contributed by atoms with E-state index in [9.17, 15) is 14.7 Å². The molecule has 0 amide bonds. The smallest absolute Gasteiger partial charge is 0.154 e. The minimum absolute atomic E-state index is 0.0270. The maximum absolute atomic E-state index is 12.6. The van der Waals surface area contributed by atoms with Gasteiger partial charge in [0, 0.05) is 23.3 Å². The normalized spacial score (nSPS) is 36.9. The standard InChI is InChI=1S/C23H30O4/c1-13-10-16(25)14-11-18-22(4)8-7-19(26)21(2,3)17(22)6-9-23(18,5)27-20(14)15(13)12-24/h10,12,17-18,25H,6-9,11H2,1-5H3. The minimum atomic E-state index is -0.382. The summed E-state index contributed by atoms with van der Waals surface area (Å²) in [5, 5.41) is 10.6. The van der Waals surface area contributed by atoms with Gasteiger partial charge in [-0.05, 0) is 62.5 Å². The molecule has 2 fully saturated rings. The van der Waals surface area contributed by atoms with E-state index < -0.39 is 0 Å². The highest BCUT2D eigenvalue weighted by atomic mass is 16.5. The van der Waals surface area contributed by atoms with Crippen molar-refractivity contribution in [2.45, 2.75) is 72.3 Å². The summed E-state index contributed by atoms with van der Waals surface area (Å²) >= 11 is 0. The molecule has 2 aliphatic carbocycles. The molecule has 1 N–H and O–H groups in total. The van der Waals surface area contributed by atoms with Crippen molar-refractivity contribution in [1.29, 1.82) is 0 Å². The molecule has 4 unspecified atom stereocenters. The van der Waals surface area contributed by atoms with Crippen LogP contribution in [0.1, 0.15) is 74.9 Å². The predicted molar refractivity (Wildman–Crippen MR) is 103 cm³/mol. The van der Waals surface area contributed by atoms with E-state index in [0.29, 0.717) is 35.9 Å². The van der Waals surface area contributed by atoms with Gasteiger partial charge >= 0.3 is 0 Å². The Labute approximate surface area is 161 Å². The topological polar surface area (TPSA) is 63.6 Å². The van der Waals surface area contributed by atoms with Crippen molar-refractivity contribution in [3.05, 3.63) is 22.8 Å². The van der Waals surface area contributed by atoms with Crippen LogP contribution in [0.4, 0.5) is 0 Å². The number of carbonyl (C=O) groups excluding carboxylic acids is 2. The number of phenols is 1. The number of ketones is 1. The number of benzene rings is 1. The van der Waals surface area contributed by atoms with E-state index in [0.717, 1.165) is 36.7 Å². The lowest BCUT2D eigenvalue weighted by atomic mass is 9.44. The molecule has 3 aliphatic rings. The molecule has 0 spiro atoms. The number of ether oxygens (including phenoxy) is 1. The van der Waals surface area contributed by atoms with Crippen molar-refractivity contribution >= 4 is 12.1 Å². The van der Waals surface area contributed by atoms with E-state index >= 15 is 0 Å². The summed E-state index contributed by atoms with van der Waals surface area (Å²) in [5.41, 5.74) is 1.31. The Bertz CT molecular complexity index is 839. The van der Waals surface area contributed by atoms with Crippen LogP contribution in [-0.2, 0) is 11.2 Å². The Hall–Kier alpha value is -1.84. The lowest BCUT2D eigenvalue weighted by Gasteiger charge is -2.62. The predicted octanol–water partition coefficient (Wildman–Crippen LogP) is 4.63. The quantitative estimate of drug-likeness (QED) is 0.732. The van der Waals surface area contributed by atoms with Gasteiger partial charge in [-0.3, -0.25) is 9.59 Å². The zero-order valence-corrected chi connectivity index (χ0v) is 17.0. The maximum atomic E-state index is 12.6. The molecule has 1 aliphatic heterocycles. The molecule has 4 heteroatoms.